The van der Waals surface area contributed by atoms with Crippen LogP contribution in [0.25, 0.3) is 0 Å². The van der Waals surface area contributed by atoms with Gasteiger partial charge in [-0.15, -0.1) is 0 Å². The lowest BCUT2D eigenvalue weighted by molar-refractivity contribution is -0.384. The van der Waals surface area contributed by atoms with E-state index in [2.05, 4.69) is 5.32 Å². The molecule has 0 heterocycles. The van der Waals surface area contributed by atoms with Gasteiger partial charge in [-0.2, -0.15) is 0 Å². The SMILES string of the molecule is CC(O)CCCNC(C)c1ccc([N+](=O)[O-])cc1. The fourth-order valence-electron chi connectivity index (χ4n) is 1.72. The quantitative estimate of drug-likeness (QED) is 0.444. The van der Waals surface area contributed by atoms with Crippen LogP contribution in [0.4, 0.5) is 5.69 Å². The summed E-state index contributed by atoms with van der Waals surface area (Å²) in [7, 11) is 0. The summed E-state index contributed by atoms with van der Waals surface area (Å²) in [5.74, 6) is 0. The molecule has 2 unspecified atom stereocenters. The zero-order valence-electron chi connectivity index (χ0n) is 10.8. The molecule has 0 spiro atoms. The Labute approximate surface area is 107 Å². The Bertz CT molecular complexity index is 376. The predicted molar refractivity (Wildman–Crippen MR) is 70.4 cm³/mol. The molecular formula is C13H20N2O3. The van der Waals surface area contributed by atoms with Gasteiger partial charge in [0.25, 0.3) is 5.69 Å². The topological polar surface area (TPSA) is 75.4 Å². The highest BCUT2D eigenvalue weighted by Gasteiger charge is 2.08. The summed E-state index contributed by atoms with van der Waals surface area (Å²) >= 11 is 0. The van der Waals surface area contributed by atoms with Crippen molar-refractivity contribution in [1.29, 1.82) is 0 Å². The summed E-state index contributed by atoms with van der Waals surface area (Å²) in [6.07, 6.45) is 1.43. The van der Waals surface area contributed by atoms with Crippen molar-refractivity contribution < 1.29 is 10.0 Å². The van der Waals surface area contributed by atoms with Crippen LogP contribution in [-0.2, 0) is 0 Å². The number of hydrogen-bond acceptors (Lipinski definition) is 4. The monoisotopic (exact) mass is 252 g/mol. The minimum atomic E-state index is -0.398. The molecular weight excluding hydrogens is 232 g/mol. The van der Waals surface area contributed by atoms with Gasteiger partial charge in [0.15, 0.2) is 0 Å². The number of nitro groups is 1. The normalized spacial score (nSPS) is 14.2. The highest BCUT2D eigenvalue weighted by atomic mass is 16.6. The van der Waals surface area contributed by atoms with E-state index in [9.17, 15) is 10.1 Å². The van der Waals surface area contributed by atoms with E-state index in [1.54, 1.807) is 19.1 Å². The van der Waals surface area contributed by atoms with Gasteiger partial charge in [-0.3, -0.25) is 10.1 Å². The summed E-state index contributed by atoms with van der Waals surface area (Å²) in [6.45, 7) is 4.62. The van der Waals surface area contributed by atoms with Gasteiger partial charge in [0, 0.05) is 18.2 Å². The first-order valence-corrected chi connectivity index (χ1v) is 6.16. The van der Waals surface area contributed by atoms with E-state index < -0.39 is 4.92 Å². The molecule has 0 saturated heterocycles. The van der Waals surface area contributed by atoms with Gasteiger partial charge in [0.1, 0.15) is 0 Å². The van der Waals surface area contributed by atoms with E-state index >= 15 is 0 Å². The molecule has 18 heavy (non-hydrogen) atoms. The molecule has 5 heteroatoms. The molecule has 1 aromatic rings. The van der Waals surface area contributed by atoms with Crippen LogP contribution in [0.3, 0.4) is 0 Å². The third kappa shape index (κ3) is 4.81. The average Bonchev–Trinajstić information content (AvgIpc) is 2.34. The molecule has 0 bridgehead atoms. The van der Waals surface area contributed by atoms with Crippen molar-refractivity contribution in [2.75, 3.05) is 6.54 Å². The van der Waals surface area contributed by atoms with Crippen molar-refractivity contribution in [3.63, 3.8) is 0 Å². The van der Waals surface area contributed by atoms with Gasteiger partial charge in [0.2, 0.25) is 0 Å². The maximum atomic E-state index is 10.5. The molecule has 5 nitrogen and oxygen atoms in total. The number of aliphatic hydroxyl groups excluding tert-OH is 1. The zero-order chi connectivity index (χ0) is 13.5. The van der Waals surface area contributed by atoms with Crippen LogP contribution in [0.1, 0.15) is 38.3 Å². The fraction of sp³-hybridized carbons (Fsp3) is 0.538. The van der Waals surface area contributed by atoms with E-state index in [0.717, 1.165) is 24.9 Å². The van der Waals surface area contributed by atoms with Crippen molar-refractivity contribution in [1.82, 2.24) is 5.32 Å². The Morgan fingerprint density at radius 2 is 1.94 bits per heavy atom. The van der Waals surface area contributed by atoms with Gasteiger partial charge in [0.05, 0.1) is 11.0 Å². The van der Waals surface area contributed by atoms with E-state index in [1.165, 1.54) is 12.1 Å². The van der Waals surface area contributed by atoms with Gasteiger partial charge < -0.3 is 10.4 Å². The lowest BCUT2D eigenvalue weighted by atomic mass is 10.1. The highest BCUT2D eigenvalue weighted by molar-refractivity contribution is 5.33. The molecule has 2 atom stereocenters. The van der Waals surface area contributed by atoms with Crippen LogP contribution < -0.4 is 5.32 Å². The van der Waals surface area contributed by atoms with Gasteiger partial charge in [-0.25, -0.2) is 0 Å². The lowest BCUT2D eigenvalue weighted by Gasteiger charge is -2.14. The second-order valence-corrected chi connectivity index (χ2v) is 4.52. The van der Waals surface area contributed by atoms with Crippen LogP contribution in [0, 0.1) is 10.1 Å². The van der Waals surface area contributed by atoms with Crippen molar-refractivity contribution in [2.24, 2.45) is 0 Å². The maximum Gasteiger partial charge on any atom is 0.269 e. The summed E-state index contributed by atoms with van der Waals surface area (Å²) < 4.78 is 0. The number of non-ortho nitro benzene ring substituents is 1. The Kier molecular flexibility index (Phi) is 5.74. The number of aliphatic hydroxyl groups is 1. The number of nitrogens with zero attached hydrogens (tertiary/aromatic N) is 1. The number of nitrogens with one attached hydrogen (secondary N) is 1. The second-order valence-electron chi connectivity index (χ2n) is 4.52. The Morgan fingerprint density at radius 3 is 2.44 bits per heavy atom. The first kappa shape index (κ1) is 14.6. The Hall–Kier alpha value is -1.46. The third-order valence-electron chi connectivity index (χ3n) is 2.85. The minimum Gasteiger partial charge on any atom is -0.393 e. The summed E-state index contributed by atoms with van der Waals surface area (Å²) in [4.78, 5) is 10.1. The number of benzene rings is 1. The average molecular weight is 252 g/mol. The molecule has 2 N–H and O–H groups in total. The van der Waals surface area contributed by atoms with Crippen LogP contribution in [0.15, 0.2) is 24.3 Å². The maximum absolute atomic E-state index is 10.5. The number of rotatable bonds is 7. The third-order valence-corrected chi connectivity index (χ3v) is 2.85. The first-order chi connectivity index (χ1) is 8.50. The molecule has 0 aliphatic carbocycles. The molecule has 0 fully saturated rings. The summed E-state index contributed by atoms with van der Waals surface area (Å²) in [6, 6.07) is 6.72. The van der Waals surface area contributed by atoms with Gasteiger partial charge in [-0.05, 0) is 38.8 Å². The highest BCUT2D eigenvalue weighted by Crippen LogP contribution is 2.17. The van der Waals surface area contributed by atoms with E-state index in [-0.39, 0.29) is 17.8 Å². The molecule has 1 aromatic carbocycles. The van der Waals surface area contributed by atoms with Crippen molar-refractivity contribution >= 4 is 5.69 Å². The number of nitro benzene ring substituents is 1. The lowest BCUT2D eigenvalue weighted by Crippen LogP contribution is -2.20. The standard InChI is InChI=1S/C13H20N2O3/c1-10(16)4-3-9-14-11(2)12-5-7-13(8-6-12)15(17)18/h5-8,10-11,14,16H,3-4,9H2,1-2H3. The van der Waals surface area contributed by atoms with Gasteiger partial charge >= 0.3 is 0 Å². The van der Waals surface area contributed by atoms with Crippen molar-refractivity contribution in [2.45, 2.75) is 38.8 Å². The smallest absolute Gasteiger partial charge is 0.269 e. The largest absolute Gasteiger partial charge is 0.393 e. The first-order valence-electron chi connectivity index (χ1n) is 6.16. The molecule has 0 aromatic heterocycles. The van der Waals surface area contributed by atoms with E-state index in [0.29, 0.717) is 0 Å². The molecule has 0 saturated carbocycles. The molecule has 0 amide bonds. The minimum absolute atomic E-state index is 0.111. The zero-order valence-corrected chi connectivity index (χ0v) is 10.8. The van der Waals surface area contributed by atoms with Crippen LogP contribution >= 0.6 is 0 Å². The Morgan fingerprint density at radius 1 is 1.33 bits per heavy atom. The van der Waals surface area contributed by atoms with Crippen molar-refractivity contribution in [3.05, 3.63) is 39.9 Å². The molecule has 0 aliphatic rings. The van der Waals surface area contributed by atoms with Crippen molar-refractivity contribution in [3.8, 4) is 0 Å². The van der Waals surface area contributed by atoms with E-state index in [4.69, 9.17) is 5.11 Å². The van der Waals surface area contributed by atoms with Crippen LogP contribution in [-0.4, -0.2) is 22.7 Å². The number of hydrogen-bond donors (Lipinski definition) is 2. The summed E-state index contributed by atoms with van der Waals surface area (Å²) in [5.41, 5.74) is 1.14. The predicted octanol–water partition coefficient (Wildman–Crippen LogP) is 2.41. The summed E-state index contributed by atoms with van der Waals surface area (Å²) in [5, 5.41) is 23.0. The van der Waals surface area contributed by atoms with Crippen LogP contribution in [0.5, 0.6) is 0 Å². The molecule has 100 valence electrons. The van der Waals surface area contributed by atoms with Gasteiger partial charge in [-0.1, -0.05) is 12.1 Å². The Balaban J connectivity index is 2.41. The molecule has 1 rings (SSSR count). The second kappa shape index (κ2) is 7.08. The fourth-order valence-corrected chi connectivity index (χ4v) is 1.72. The van der Waals surface area contributed by atoms with E-state index in [1.807, 2.05) is 6.92 Å². The molecule has 0 radical (unpaired) electrons. The van der Waals surface area contributed by atoms with Crippen LogP contribution in [0.2, 0.25) is 0 Å². The molecule has 0 aliphatic heterocycles.